The lowest BCUT2D eigenvalue weighted by atomic mass is 10.1. The molecule has 2 aromatic rings. The van der Waals surface area contributed by atoms with E-state index in [-0.39, 0.29) is 5.84 Å². The van der Waals surface area contributed by atoms with Gasteiger partial charge in [0.1, 0.15) is 0 Å². The van der Waals surface area contributed by atoms with Crippen molar-refractivity contribution in [3.8, 4) is 0 Å². The number of benzene rings is 1. The van der Waals surface area contributed by atoms with Gasteiger partial charge in [-0.25, -0.2) is 0 Å². The van der Waals surface area contributed by atoms with Crippen LogP contribution in [0.5, 0.6) is 0 Å². The number of nitrogens with two attached hydrogens (primary N) is 1. The summed E-state index contributed by atoms with van der Waals surface area (Å²) in [5, 5.41) is 12.8. The molecule has 0 fully saturated rings. The molecule has 0 saturated carbocycles. The summed E-state index contributed by atoms with van der Waals surface area (Å²) in [6.45, 7) is 1.94. The molecule has 5 nitrogen and oxygen atoms in total. The first-order valence-electron chi connectivity index (χ1n) is 5.83. The van der Waals surface area contributed by atoms with Crippen LogP contribution < -0.4 is 5.73 Å². The Morgan fingerprint density at radius 2 is 2.17 bits per heavy atom. The van der Waals surface area contributed by atoms with E-state index in [0.29, 0.717) is 0 Å². The van der Waals surface area contributed by atoms with Gasteiger partial charge < -0.3 is 20.4 Å². The molecule has 2 rings (SSSR count). The zero-order chi connectivity index (χ0) is 13.1. The standard InChI is InChI=1S/C13H18N4O/c1-16(2)7-8-17-6-5-10-9-11(13(14)15-18)3-4-12(10)17/h3-6,9,18H,7-8H2,1-2H3,(H2,14,15). The van der Waals surface area contributed by atoms with Crippen LogP contribution in [0, 0.1) is 0 Å². The van der Waals surface area contributed by atoms with Gasteiger partial charge in [-0.15, -0.1) is 0 Å². The smallest absolute Gasteiger partial charge is 0.170 e. The van der Waals surface area contributed by atoms with Crippen molar-refractivity contribution in [1.82, 2.24) is 9.47 Å². The molecule has 18 heavy (non-hydrogen) atoms. The van der Waals surface area contributed by atoms with Crippen molar-refractivity contribution >= 4 is 16.7 Å². The summed E-state index contributed by atoms with van der Waals surface area (Å²) in [5.74, 6) is 0.137. The van der Waals surface area contributed by atoms with Gasteiger partial charge in [-0.05, 0) is 38.4 Å². The number of aromatic nitrogens is 1. The van der Waals surface area contributed by atoms with Crippen LogP contribution in [0.25, 0.3) is 10.9 Å². The van der Waals surface area contributed by atoms with E-state index in [4.69, 9.17) is 10.9 Å². The van der Waals surface area contributed by atoms with Gasteiger partial charge in [-0.1, -0.05) is 5.16 Å². The Kier molecular flexibility index (Phi) is 3.53. The third kappa shape index (κ3) is 2.46. The molecule has 0 amide bonds. The number of nitrogens with zero attached hydrogens (tertiary/aromatic N) is 3. The van der Waals surface area contributed by atoms with Crippen LogP contribution in [0.4, 0.5) is 0 Å². The van der Waals surface area contributed by atoms with Crippen molar-refractivity contribution < 1.29 is 5.21 Å². The number of likely N-dealkylation sites (N-methyl/N-ethyl adjacent to an activating group) is 1. The van der Waals surface area contributed by atoms with Crippen LogP contribution in [0.1, 0.15) is 5.56 Å². The molecule has 0 radical (unpaired) electrons. The molecular weight excluding hydrogens is 228 g/mol. The van der Waals surface area contributed by atoms with E-state index in [1.165, 1.54) is 0 Å². The fourth-order valence-corrected chi connectivity index (χ4v) is 1.92. The average molecular weight is 246 g/mol. The Hall–Kier alpha value is -2.01. The van der Waals surface area contributed by atoms with Crippen molar-refractivity contribution in [2.45, 2.75) is 6.54 Å². The minimum atomic E-state index is 0.137. The monoisotopic (exact) mass is 246 g/mol. The highest BCUT2D eigenvalue weighted by Crippen LogP contribution is 2.17. The van der Waals surface area contributed by atoms with Crippen molar-refractivity contribution in [2.24, 2.45) is 10.9 Å². The molecular formula is C13H18N4O. The van der Waals surface area contributed by atoms with E-state index in [2.05, 4.69) is 34.9 Å². The highest BCUT2D eigenvalue weighted by atomic mass is 16.4. The molecule has 0 saturated heterocycles. The molecule has 1 aromatic heterocycles. The van der Waals surface area contributed by atoms with Crippen LogP contribution in [-0.2, 0) is 6.54 Å². The normalized spacial score (nSPS) is 12.5. The molecule has 0 aliphatic carbocycles. The van der Waals surface area contributed by atoms with Crippen molar-refractivity contribution in [3.05, 3.63) is 36.0 Å². The SMILES string of the molecule is CN(C)CCn1ccc2cc(/C(N)=N/O)ccc21. The molecule has 0 bridgehead atoms. The number of fused-ring (bicyclic) bond motifs is 1. The van der Waals surface area contributed by atoms with Crippen LogP contribution in [-0.4, -0.2) is 41.1 Å². The topological polar surface area (TPSA) is 66.8 Å². The second kappa shape index (κ2) is 5.10. The first-order chi connectivity index (χ1) is 8.61. The Balaban J connectivity index is 2.32. The van der Waals surface area contributed by atoms with Crippen LogP contribution in [0.3, 0.4) is 0 Å². The summed E-state index contributed by atoms with van der Waals surface area (Å²) in [5.41, 5.74) is 7.47. The zero-order valence-electron chi connectivity index (χ0n) is 10.7. The number of amidine groups is 1. The molecule has 96 valence electrons. The van der Waals surface area contributed by atoms with Crippen molar-refractivity contribution in [2.75, 3.05) is 20.6 Å². The molecule has 0 aliphatic rings. The van der Waals surface area contributed by atoms with Gasteiger partial charge in [0.25, 0.3) is 0 Å². The van der Waals surface area contributed by atoms with Gasteiger partial charge in [0.05, 0.1) is 0 Å². The maximum atomic E-state index is 8.66. The largest absolute Gasteiger partial charge is 0.409 e. The summed E-state index contributed by atoms with van der Waals surface area (Å²) in [4.78, 5) is 2.15. The van der Waals surface area contributed by atoms with Gasteiger partial charge >= 0.3 is 0 Å². The highest BCUT2D eigenvalue weighted by Gasteiger charge is 2.05. The van der Waals surface area contributed by atoms with E-state index in [1.54, 1.807) is 0 Å². The van der Waals surface area contributed by atoms with E-state index in [1.807, 2.05) is 24.3 Å². The molecule has 0 aliphatic heterocycles. The number of rotatable bonds is 4. The Labute approximate surface area is 106 Å². The van der Waals surface area contributed by atoms with Gasteiger partial charge in [-0.3, -0.25) is 0 Å². The highest BCUT2D eigenvalue weighted by molar-refractivity contribution is 6.00. The third-order valence-corrected chi connectivity index (χ3v) is 2.96. The number of oxime groups is 1. The minimum Gasteiger partial charge on any atom is -0.409 e. The molecule has 0 unspecified atom stereocenters. The summed E-state index contributed by atoms with van der Waals surface area (Å²) in [6, 6.07) is 7.83. The quantitative estimate of drug-likeness (QED) is 0.370. The van der Waals surface area contributed by atoms with Crippen molar-refractivity contribution in [3.63, 3.8) is 0 Å². The Morgan fingerprint density at radius 1 is 1.39 bits per heavy atom. The zero-order valence-corrected chi connectivity index (χ0v) is 10.7. The number of hydrogen-bond acceptors (Lipinski definition) is 3. The summed E-state index contributed by atoms with van der Waals surface area (Å²) < 4.78 is 2.20. The fraction of sp³-hybridized carbons (Fsp3) is 0.308. The molecule has 1 aromatic carbocycles. The van der Waals surface area contributed by atoms with Gasteiger partial charge in [-0.2, -0.15) is 0 Å². The fourth-order valence-electron chi connectivity index (χ4n) is 1.92. The second-order valence-corrected chi connectivity index (χ2v) is 4.57. The van der Waals surface area contributed by atoms with Crippen LogP contribution in [0.15, 0.2) is 35.6 Å². The van der Waals surface area contributed by atoms with Crippen LogP contribution in [0.2, 0.25) is 0 Å². The predicted octanol–water partition coefficient (Wildman–Crippen LogP) is 1.30. The second-order valence-electron chi connectivity index (χ2n) is 4.57. The lowest BCUT2D eigenvalue weighted by molar-refractivity contribution is 0.318. The van der Waals surface area contributed by atoms with Crippen molar-refractivity contribution in [1.29, 1.82) is 0 Å². The maximum Gasteiger partial charge on any atom is 0.170 e. The van der Waals surface area contributed by atoms with Gasteiger partial charge in [0, 0.05) is 35.8 Å². The van der Waals surface area contributed by atoms with E-state index in [9.17, 15) is 0 Å². The lowest BCUT2D eigenvalue weighted by Crippen LogP contribution is -2.18. The molecule has 0 atom stereocenters. The number of hydrogen-bond donors (Lipinski definition) is 2. The minimum absolute atomic E-state index is 0.137. The van der Waals surface area contributed by atoms with E-state index < -0.39 is 0 Å². The first-order valence-corrected chi connectivity index (χ1v) is 5.83. The van der Waals surface area contributed by atoms with Gasteiger partial charge in [0.15, 0.2) is 5.84 Å². The van der Waals surface area contributed by atoms with Crippen LogP contribution >= 0.6 is 0 Å². The molecule has 5 heteroatoms. The maximum absolute atomic E-state index is 8.66. The van der Waals surface area contributed by atoms with E-state index >= 15 is 0 Å². The summed E-state index contributed by atoms with van der Waals surface area (Å²) in [7, 11) is 4.12. The lowest BCUT2D eigenvalue weighted by Gasteiger charge is -2.11. The average Bonchev–Trinajstić information content (AvgIpc) is 2.77. The summed E-state index contributed by atoms with van der Waals surface area (Å²) >= 11 is 0. The molecule has 0 spiro atoms. The van der Waals surface area contributed by atoms with Gasteiger partial charge in [0.2, 0.25) is 0 Å². The third-order valence-electron chi connectivity index (χ3n) is 2.96. The predicted molar refractivity (Wildman–Crippen MR) is 73.0 cm³/mol. The Morgan fingerprint density at radius 3 is 2.83 bits per heavy atom. The Bertz CT molecular complexity index is 571. The first kappa shape index (κ1) is 12.4. The summed E-state index contributed by atoms with van der Waals surface area (Å²) in [6.07, 6.45) is 2.06. The molecule has 3 N–H and O–H groups in total. The van der Waals surface area contributed by atoms with E-state index in [0.717, 1.165) is 29.6 Å². The molecule has 1 heterocycles.